The molecule has 1 amide bonds. The number of aliphatic hydroxyl groups is 2. The number of ether oxygens (including phenoxy) is 1. The van der Waals surface area contributed by atoms with Gasteiger partial charge in [0.2, 0.25) is 5.91 Å². The van der Waals surface area contributed by atoms with Gasteiger partial charge in [0.1, 0.15) is 0 Å². The van der Waals surface area contributed by atoms with Crippen LogP contribution in [0.3, 0.4) is 0 Å². The van der Waals surface area contributed by atoms with E-state index in [1.54, 1.807) is 6.08 Å². The van der Waals surface area contributed by atoms with Gasteiger partial charge in [-0.15, -0.1) is 0 Å². The lowest BCUT2D eigenvalue weighted by atomic mass is 10.1. The van der Waals surface area contributed by atoms with Crippen LogP contribution < -0.4 is 5.32 Å². The molecule has 6 nitrogen and oxygen atoms in total. The number of unbranched alkanes of at least 4 members (excludes halogenated alkanes) is 33. The van der Waals surface area contributed by atoms with Crippen LogP contribution in [0.2, 0.25) is 0 Å². The molecule has 0 radical (unpaired) electrons. The van der Waals surface area contributed by atoms with E-state index >= 15 is 0 Å². The number of carbonyl (C=O) groups is 2. The molecule has 2 unspecified atom stereocenters. The van der Waals surface area contributed by atoms with Crippen LogP contribution in [-0.4, -0.2) is 47.4 Å². The van der Waals surface area contributed by atoms with Crippen molar-refractivity contribution in [2.45, 2.75) is 289 Å². The summed E-state index contributed by atoms with van der Waals surface area (Å²) < 4.78 is 5.47. The Morgan fingerprint density at radius 1 is 0.444 bits per heavy atom. The summed E-state index contributed by atoms with van der Waals surface area (Å²) in [7, 11) is 0. The molecule has 0 aliphatic carbocycles. The summed E-state index contributed by atoms with van der Waals surface area (Å²) >= 11 is 0. The molecule has 0 bridgehead atoms. The number of nitrogens with one attached hydrogen (secondary N) is 1. The Morgan fingerprint density at radius 2 is 0.794 bits per heavy atom. The monoisotopic (exact) mass is 884 g/mol. The van der Waals surface area contributed by atoms with E-state index in [4.69, 9.17) is 4.74 Å². The van der Waals surface area contributed by atoms with Crippen molar-refractivity contribution in [2.75, 3.05) is 13.2 Å². The molecular formula is C57H105NO5. The molecule has 0 fully saturated rings. The standard InChI is InChI=1S/C57H105NO5/c1-3-5-7-9-11-13-15-17-18-19-20-21-24-27-31-35-39-43-47-51-57(62)63-52-48-44-40-36-32-28-25-22-23-26-30-34-38-42-46-50-56(61)58-54(53-59)55(60)49-45-41-37-33-29-16-14-12-10-8-6-4-2/h11,13,17-18,25,28,45,49,54-55,59-60H,3-10,12,14-16,19-24,26-27,29-44,46-48,50-53H2,1-2H3,(H,58,61)/b13-11-,18-17-,28-25-,49-45+. The fraction of sp³-hybridized carbons (Fsp3) is 0.825. The minimum atomic E-state index is -0.854. The average Bonchev–Trinajstić information content (AvgIpc) is 3.28. The Bertz CT molecular complexity index is 1070. The van der Waals surface area contributed by atoms with Crippen molar-refractivity contribution in [1.82, 2.24) is 5.32 Å². The Hall–Kier alpha value is -2.18. The number of esters is 1. The third-order valence-electron chi connectivity index (χ3n) is 12.3. The van der Waals surface area contributed by atoms with E-state index in [2.05, 4.69) is 55.6 Å². The van der Waals surface area contributed by atoms with E-state index in [0.29, 0.717) is 19.4 Å². The largest absolute Gasteiger partial charge is 0.466 e. The first-order chi connectivity index (χ1) is 31.0. The van der Waals surface area contributed by atoms with Gasteiger partial charge in [0.25, 0.3) is 0 Å². The first-order valence-electron chi connectivity index (χ1n) is 27.4. The van der Waals surface area contributed by atoms with Crippen LogP contribution in [0.1, 0.15) is 277 Å². The highest BCUT2D eigenvalue weighted by molar-refractivity contribution is 5.76. The minimum Gasteiger partial charge on any atom is -0.466 e. The molecule has 0 rings (SSSR count). The van der Waals surface area contributed by atoms with Gasteiger partial charge in [-0.25, -0.2) is 0 Å². The van der Waals surface area contributed by atoms with Crippen molar-refractivity contribution >= 4 is 11.9 Å². The highest BCUT2D eigenvalue weighted by Crippen LogP contribution is 2.15. The third-order valence-corrected chi connectivity index (χ3v) is 12.3. The first kappa shape index (κ1) is 60.8. The smallest absolute Gasteiger partial charge is 0.305 e. The summed E-state index contributed by atoms with van der Waals surface area (Å²) in [5.74, 6) is -0.101. The second-order valence-electron chi connectivity index (χ2n) is 18.5. The zero-order valence-electron chi connectivity index (χ0n) is 41.8. The quantitative estimate of drug-likeness (QED) is 0.0321. The molecule has 368 valence electrons. The van der Waals surface area contributed by atoms with Gasteiger partial charge >= 0.3 is 5.97 Å². The molecule has 0 saturated carbocycles. The molecule has 0 saturated heterocycles. The van der Waals surface area contributed by atoms with Crippen LogP contribution in [0.15, 0.2) is 48.6 Å². The van der Waals surface area contributed by atoms with E-state index in [9.17, 15) is 19.8 Å². The lowest BCUT2D eigenvalue weighted by molar-refractivity contribution is -0.143. The predicted octanol–water partition coefficient (Wildman–Crippen LogP) is 16.6. The maximum atomic E-state index is 12.4. The van der Waals surface area contributed by atoms with Gasteiger partial charge in [-0.3, -0.25) is 9.59 Å². The van der Waals surface area contributed by atoms with Gasteiger partial charge < -0.3 is 20.3 Å². The molecule has 0 aromatic heterocycles. The molecule has 2 atom stereocenters. The van der Waals surface area contributed by atoms with Crippen LogP contribution in [-0.2, 0) is 14.3 Å². The number of rotatable bonds is 50. The summed E-state index contributed by atoms with van der Waals surface area (Å²) in [6.07, 6.45) is 65.5. The van der Waals surface area contributed by atoms with Crippen LogP contribution >= 0.6 is 0 Å². The van der Waals surface area contributed by atoms with Crippen molar-refractivity contribution in [2.24, 2.45) is 0 Å². The molecule has 6 heteroatoms. The Morgan fingerprint density at radius 3 is 1.25 bits per heavy atom. The summed E-state index contributed by atoms with van der Waals surface area (Å²) in [5.41, 5.74) is 0. The zero-order valence-corrected chi connectivity index (χ0v) is 41.8. The molecule has 0 aromatic rings. The van der Waals surface area contributed by atoms with Crippen LogP contribution in [0.5, 0.6) is 0 Å². The first-order valence-corrected chi connectivity index (χ1v) is 27.4. The maximum Gasteiger partial charge on any atom is 0.305 e. The summed E-state index contributed by atoms with van der Waals surface area (Å²) in [6.45, 7) is 4.83. The average molecular weight is 884 g/mol. The third kappa shape index (κ3) is 49.1. The van der Waals surface area contributed by atoms with E-state index in [0.717, 1.165) is 77.0 Å². The summed E-state index contributed by atoms with van der Waals surface area (Å²) in [6, 6.07) is -0.639. The highest BCUT2D eigenvalue weighted by Gasteiger charge is 2.18. The Labute approximate surface area is 391 Å². The number of hydrogen-bond acceptors (Lipinski definition) is 5. The molecule has 0 aliphatic heterocycles. The predicted molar refractivity (Wildman–Crippen MR) is 273 cm³/mol. The topological polar surface area (TPSA) is 95.9 Å². The number of carbonyl (C=O) groups excluding carboxylic acids is 2. The molecule has 3 N–H and O–H groups in total. The molecule has 63 heavy (non-hydrogen) atoms. The van der Waals surface area contributed by atoms with E-state index in [1.807, 2.05) is 6.08 Å². The van der Waals surface area contributed by atoms with Gasteiger partial charge in [-0.2, -0.15) is 0 Å². The Balaban J connectivity index is 3.48. The number of aliphatic hydroxyl groups excluding tert-OH is 2. The van der Waals surface area contributed by atoms with Crippen molar-refractivity contribution < 1.29 is 24.5 Å². The zero-order chi connectivity index (χ0) is 45.8. The number of allylic oxidation sites excluding steroid dienone is 7. The summed E-state index contributed by atoms with van der Waals surface area (Å²) in [4.78, 5) is 24.5. The fourth-order valence-electron chi connectivity index (χ4n) is 8.07. The fourth-order valence-corrected chi connectivity index (χ4v) is 8.07. The SMILES string of the molecule is CCCCC/C=C\C/C=C\CCCCCCCCCCCC(=O)OCCCCCC/C=C\CCCCCCCCCC(=O)NC(CO)C(O)/C=C/CCCCCCCCCCCC. The van der Waals surface area contributed by atoms with Crippen molar-refractivity contribution in [3.05, 3.63) is 48.6 Å². The molecular weight excluding hydrogens is 779 g/mol. The lowest BCUT2D eigenvalue weighted by Crippen LogP contribution is -2.45. The Kier molecular flexibility index (Phi) is 50.6. The van der Waals surface area contributed by atoms with Crippen molar-refractivity contribution in [1.29, 1.82) is 0 Å². The summed E-state index contributed by atoms with van der Waals surface area (Å²) in [5, 5.41) is 23.0. The van der Waals surface area contributed by atoms with Gasteiger partial charge in [0, 0.05) is 12.8 Å². The van der Waals surface area contributed by atoms with E-state index in [-0.39, 0.29) is 18.5 Å². The van der Waals surface area contributed by atoms with Gasteiger partial charge in [-0.05, 0) is 89.9 Å². The molecule has 0 heterocycles. The van der Waals surface area contributed by atoms with Crippen LogP contribution in [0, 0.1) is 0 Å². The second kappa shape index (κ2) is 52.4. The van der Waals surface area contributed by atoms with E-state index in [1.165, 1.54) is 173 Å². The van der Waals surface area contributed by atoms with E-state index < -0.39 is 12.1 Å². The highest BCUT2D eigenvalue weighted by atomic mass is 16.5. The second-order valence-corrected chi connectivity index (χ2v) is 18.5. The number of hydrogen-bond donors (Lipinski definition) is 3. The van der Waals surface area contributed by atoms with Crippen LogP contribution in [0.25, 0.3) is 0 Å². The van der Waals surface area contributed by atoms with Crippen LogP contribution in [0.4, 0.5) is 0 Å². The molecule has 0 spiro atoms. The van der Waals surface area contributed by atoms with Crippen molar-refractivity contribution in [3.63, 3.8) is 0 Å². The lowest BCUT2D eigenvalue weighted by Gasteiger charge is -2.20. The van der Waals surface area contributed by atoms with Crippen molar-refractivity contribution in [3.8, 4) is 0 Å². The molecule has 0 aliphatic rings. The maximum absolute atomic E-state index is 12.4. The minimum absolute atomic E-state index is 0.0158. The van der Waals surface area contributed by atoms with Gasteiger partial charge in [0.15, 0.2) is 0 Å². The molecule has 0 aromatic carbocycles. The number of amides is 1. The normalized spacial score (nSPS) is 13.0. The van der Waals surface area contributed by atoms with Gasteiger partial charge in [0.05, 0.1) is 25.4 Å². The van der Waals surface area contributed by atoms with Gasteiger partial charge in [-0.1, -0.05) is 223 Å².